The highest BCUT2D eigenvalue weighted by molar-refractivity contribution is 6.33. The molecule has 19 heavy (non-hydrogen) atoms. The van der Waals surface area contributed by atoms with Crippen molar-refractivity contribution in [2.45, 2.75) is 25.7 Å². The summed E-state index contributed by atoms with van der Waals surface area (Å²) in [5, 5.41) is 0.359. The summed E-state index contributed by atoms with van der Waals surface area (Å²) in [5.41, 5.74) is 6.56. The van der Waals surface area contributed by atoms with Gasteiger partial charge in [0.05, 0.1) is 17.2 Å². The third kappa shape index (κ3) is 2.57. The molecule has 0 radical (unpaired) electrons. The van der Waals surface area contributed by atoms with Gasteiger partial charge in [0.15, 0.2) is 0 Å². The van der Waals surface area contributed by atoms with Gasteiger partial charge in [-0.3, -0.25) is 0 Å². The second kappa shape index (κ2) is 5.04. The lowest BCUT2D eigenvalue weighted by Crippen LogP contribution is -2.19. The molecule has 0 amide bonds. The number of esters is 1. The van der Waals surface area contributed by atoms with Gasteiger partial charge < -0.3 is 10.5 Å². The summed E-state index contributed by atoms with van der Waals surface area (Å²) in [6, 6.07) is 4.87. The molecule has 3 atom stereocenters. The summed E-state index contributed by atoms with van der Waals surface area (Å²) in [6.45, 7) is 0.528. The Bertz CT molecular complexity index is 503. The predicted octanol–water partition coefficient (Wildman–Crippen LogP) is 3.52. The minimum atomic E-state index is -0.340. The van der Waals surface area contributed by atoms with Gasteiger partial charge in [-0.05, 0) is 55.2 Å². The van der Waals surface area contributed by atoms with Gasteiger partial charge in [-0.1, -0.05) is 18.0 Å². The molecule has 2 aliphatic rings. The first-order chi connectivity index (χ1) is 9.13. The average molecular weight is 280 g/mol. The van der Waals surface area contributed by atoms with Crippen molar-refractivity contribution in [3.63, 3.8) is 0 Å². The second-order valence-corrected chi connectivity index (χ2v) is 6.18. The number of hydrogen-bond acceptors (Lipinski definition) is 3. The first kappa shape index (κ1) is 12.8. The topological polar surface area (TPSA) is 52.3 Å². The number of halogens is 1. The monoisotopic (exact) mass is 279 g/mol. The van der Waals surface area contributed by atoms with Gasteiger partial charge in [-0.15, -0.1) is 0 Å². The number of carbonyl (C=O) groups excluding carboxylic acids is 1. The molecule has 3 rings (SSSR count). The molecule has 1 aromatic carbocycles. The molecule has 2 aliphatic carbocycles. The van der Waals surface area contributed by atoms with E-state index >= 15 is 0 Å². The summed E-state index contributed by atoms with van der Waals surface area (Å²) >= 11 is 6.00. The normalized spacial score (nSPS) is 28.6. The van der Waals surface area contributed by atoms with E-state index in [9.17, 15) is 4.79 Å². The van der Waals surface area contributed by atoms with Crippen LogP contribution in [0.15, 0.2) is 18.2 Å². The summed E-state index contributed by atoms with van der Waals surface area (Å²) in [5.74, 6) is 1.84. The van der Waals surface area contributed by atoms with Gasteiger partial charge in [-0.2, -0.15) is 0 Å². The van der Waals surface area contributed by atoms with Gasteiger partial charge in [-0.25, -0.2) is 4.79 Å². The molecule has 0 heterocycles. The molecule has 1 aromatic rings. The molecule has 3 nitrogen and oxygen atoms in total. The Kier molecular flexibility index (Phi) is 3.40. The van der Waals surface area contributed by atoms with Crippen LogP contribution in [0.2, 0.25) is 5.02 Å². The maximum atomic E-state index is 12.0. The quantitative estimate of drug-likeness (QED) is 0.680. The van der Waals surface area contributed by atoms with Crippen molar-refractivity contribution in [3.05, 3.63) is 28.8 Å². The molecule has 0 aromatic heterocycles. The molecule has 0 aliphatic heterocycles. The summed E-state index contributed by atoms with van der Waals surface area (Å²) in [7, 11) is 0. The molecule has 4 heteroatoms. The first-order valence-electron chi connectivity index (χ1n) is 6.85. The van der Waals surface area contributed by atoms with Crippen molar-refractivity contribution < 1.29 is 9.53 Å². The van der Waals surface area contributed by atoms with Crippen LogP contribution in [0.5, 0.6) is 0 Å². The van der Waals surface area contributed by atoms with Crippen molar-refractivity contribution in [1.82, 2.24) is 0 Å². The van der Waals surface area contributed by atoms with E-state index in [1.165, 1.54) is 25.7 Å². The average Bonchev–Trinajstić information content (AvgIpc) is 2.98. The highest BCUT2D eigenvalue weighted by Crippen LogP contribution is 2.48. The van der Waals surface area contributed by atoms with E-state index in [2.05, 4.69) is 0 Å². The van der Waals surface area contributed by atoms with E-state index in [4.69, 9.17) is 22.1 Å². The molecule has 2 saturated carbocycles. The van der Waals surface area contributed by atoms with E-state index in [1.54, 1.807) is 18.2 Å². The van der Waals surface area contributed by atoms with Crippen LogP contribution in [0.1, 0.15) is 36.0 Å². The van der Waals surface area contributed by atoms with Gasteiger partial charge >= 0.3 is 5.97 Å². The zero-order valence-corrected chi connectivity index (χ0v) is 11.5. The maximum Gasteiger partial charge on any atom is 0.339 e. The van der Waals surface area contributed by atoms with Gasteiger partial charge in [0, 0.05) is 5.69 Å². The van der Waals surface area contributed by atoms with Gasteiger partial charge in [0.25, 0.3) is 0 Å². The number of hydrogen-bond donors (Lipinski definition) is 1. The Morgan fingerprint density at radius 3 is 2.84 bits per heavy atom. The molecular weight excluding hydrogens is 262 g/mol. The van der Waals surface area contributed by atoms with Gasteiger partial charge in [0.2, 0.25) is 0 Å². The van der Waals surface area contributed by atoms with E-state index in [0.717, 1.165) is 11.8 Å². The smallest absolute Gasteiger partial charge is 0.339 e. The molecule has 0 saturated heterocycles. The predicted molar refractivity (Wildman–Crippen MR) is 75.1 cm³/mol. The number of anilines is 1. The molecule has 2 N–H and O–H groups in total. The van der Waals surface area contributed by atoms with Gasteiger partial charge in [0.1, 0.15) is 0 Å². The lowest BCUT2D eigenvalue weighted by atomic mass is 9.89. The Morgan fingerprint density at radius 1 is 1.37 bits per heavy atom. The van der Waals surface area contributed by atoms with Crippen molar-refractivity contribution in [1.29, 1.82) is 0 Å². The van der Waals surface area contributed by atoms with E-state index in [1.807, 2.05) is 0 Å². The molecule has 2 bridgehead atoms. The van der Waals surface area contributed by atoms with E-state index in [-0.39, 0.29) is 5.97 Å². The Hall–Kier alpha value is -1.22. The lowest BCUT2D eigenvalue weighted by Gasteiger charge is -2.21. The van der Waals surface area contributed by atoms with Crippen LogP contribution in [0.25, 0.3) is 0 Å². The number of rotatable bonds is 3. The summed E-state index contributed by atoms with van der Waals surface area (Å²) < 4.78 is 5.42. The second-order valence-electron chi connectivity index (χ2n) is 5.77. The largest absolute Gasteiger partial charge is 0.462 e. The Morgan fingerprint density at radius 2 is 2.21 bits per heavy atom. The SMILES string of the molecule is Nc1ccc(C(=O)OCC2CC3CCC2C3)c(Cl)c1. The fourth-order valence-corrected chi connectivity index (χ4v) is 3.80. The number of ether oxygens (including phenoxy) is 1. The van der Waals surface area contributed by atoms with Crippen molar-refractivity contribution in [2.75, 3.05) is 12.3 Å². The highest BCUT2D eigenvalue weighted by atomic mass is 35.5. The molecule has 102 valence electrons. The van der Waals surface area contributed by atoms with Crippen molar-refractivity contribution in [2.24, 2.45) is 17.8 Å². The zero-order valence-electron chi connectivity index (χ0n) is 10.8. The van der Waals surface area contributed by atoms with Crippen LogP contribution in [0, 0.1) is 17.8 Å². The Labute approximate surface area is 118 Å². The standard InChI is InChI=1S/C15H18ClNO2/c16-14-7-12(17)3-4-13(14)15(18)19-8-11-6-9-1-2-10(11)5-9/h3-4,7,9-11H,1-2,5-6,8,17H2. The third-order valence-corrected chi connectivity index (χ3v) is 4.84. The van der Waals surface area contributed by atoms with Crippen LogP contribution >= 0.6 is 11.6 Å². The van der Waals surface area contributed by atoms with Crippen LogP contribution in [-0.2, 0) is 4.74 Å². The third-order valence-electron chi connectivity index (χ3n) is 4.53. The van der Waals surface area contributed by atoms with Crippen LogP contribution < -0.4 is 5.73 Å². The number of carbonyl (C=O) groups is 1. The lowest BCUT2D eigenvalue weighted by molar-refractivity contribution is 0.0394. The number of fused-ring (bicyclic) bond motifs is 2. The van der Waals surface area contributed by atoms with Crippen LogP contribution in [0.4, 0.5) is 5.69 Å². The minimum absolute atomic E-state index is 0.340. The van der Waals surface area contributed by atoms with Crippen molar-refractivity contribution in [3.8, 4) is 0 Å². The maximum absolute atomic E-state index is 12.0. The molecule has 0 spiro atoms. The van der Waals surface area contributed by atoms with Crippen molar-refractivity contribution >= 4 is 23.3 Å². The minimum Gasteiger partial charge on any atom is -0.462 e. The number of nitrogens with two attached hydrogens (primary N) is 1. The zero-order chi connectivity index (χ0) is 13.4. The first-order valence-corrected chi connectivity index (χ1v) is 7.23. The summed E-state index contributed by atoms with van der Waals surface area (Å²) in [4.78, 5) is 12.0. The molecule has 3 unspecified atom stereocenters. The summed E-state index contributed by atoms with van der Waals surface area (Å²) in [6.07, 6.45) is 5.20. The fraction of sp³-hybridized carbons (Fsp3) is 0.533. The molecular formula is C15H18ClNO2. The highest BCUT2D eigenvalue weighted by Gasteiger charge is 2.39. The van der Waals surface area contributed by atoms with Crippen LogP contribution in [0.3, 0.4) is 0 Å². The molecule has 2 fully saturated rings. The number of nitrogen functional groups attached to an aromatic ring is 1. The van der Waals surface area contributed by atoms with E-state index < -0.39 is 0 Å². The number of benzene rings is 1. The Balaban J connectivity index is 1.59. The van der Waals surface area contributed by atoms with E-state index in [0.29, 0.717) is 28.8 Å². The fourth-order valence-electron chi connectivity index (χ4n) is 3.54. The van der Waals surface area contributed by atoms with Crippen LogP contribution in [-0.4, -0.2) is 12.6 Å².